The third kappa shape index (κ3) is 2.86. The molecule has 1 aliphatic heterocycles. The molecule has 15 heavy (non-hydrogen) atoms. The first-order chi connectivity index (χ1) is 7.36. The van der Waals surface area contributed by atoms with Gasteiger partial charge in [-0.2, -0.15) is 0 Å². The average Bonchev–Trinajstić information content (AvgIpc) is 2.66. The number of nitrogens with zero attached hydrogens (tertiary/aromatic N) is 3. The SMILES string of the molecule is CN1CCC[C@H]1C/C=C/c1cncnc1. The minimum atomic E-state index is 0.728. The highest BCUT2D eigenvalue weighted by Crippen LogP contribution is 2.18. The van der Waals surface area contributed by atoms with Crippen LogP contribution in [-0.4, -0.2) is 34.5 Å². The Labute approximate surface area is 90.9 Å². The molecule has 0 spiro atoms. The van der Waals surface area contributed by atoms with E-state index in [1.807, 2.05) is 12.4 Å². The van der Waals surface area contributed by atoms with Crippen molar-refractivity contribution in [3.8, 4) is 0 Å². The second kappa shape index (κ2) is 5.03. The first kappa shape index (κ1) is 10.3. The van der Waals surface area contributed by atoms with Crippen LogP contribution in [0.4, 0.5) is 0 Å². The molecule has 1 aliphatic rings. The fraction of sp³-hybridized carbons (Fsp3) is 0.500. The van der Waals surface area contributed by atoms with E-state index >= 15 is 0 Å². The molecule has 80 valence electrons. The largest absolute Gasteiger partial charge is 0.303 e. The van der Waals surface area contributed by atoms with Gasteiger partial charge in [-0.3, -0.25) is 0 Å². The molecule has 0 N–H and O–H groups in total. The molecule has 2 heterocycles. The van der Waals surface area contributed by atoms with E-state index in [0.29, 0.717) is 0 Å². The first-order valence-electron chi connectivity index (χ1n) is 5.48. The Kier molecular flexibility index (Phi) is 3.45. The third-order valence-electron chi connectivity index (χ3n) is 2.97. The fourth-order valence-electron chi connectivity index (χ4n) is 2.03. The summed E-state index contributed by atoms with van der Waals surface area (Å²) in [5.74, 6) is 0. The number of rotatable bonds is 3. The molecule has 0 aliphatic carbocycles. The lowest BCUT2D eigenvalue weighted by Crippen LogP contribution is -2.23. The van der Waals surface area contributed by atoms with Crippen LogP contribution in [0.15, 0.2) is 24.8 Å². The molecule has 3 nitrogen and oxygen atoms in total. The van der Waals surface area contributed by atoms with Crippen molar-refractivity contribution >= 4 is 6.08 Å². The van der Waals surface area contributed by atoms with E-state index in [4.69, 9.17) is 0 Å². The lowest BCUT2D eigenvalue weighted by molar-refractivity contribution is 0.313. The minimum Gasteiger partial charge on any atom is -0.303 e. The van der Waals surface area contributed by atoms with Crippen molar-refractivity contribution in [2.45, 2.75) is 25.3 Å². The maximum absolute atomic E-state index is 3.98. The molecular weight excluding hydrogens is 186 g/mol. The summed E-state index contributed by atoms with van der Waals surface area (Å²) in [7, 11) is 2.21. The summed E-state index contributed by atoms with van der Waals surface area (Å²) in [6.07, 6.45) is 13.4. The minimum absolute atomic E-state index is 0.728. The van der Waals surface area contributed by atoms with Crippen LogP contribution in [0.1, 0.15) is 24.8 Å². The lowest BCUT2D eigenvalue weighted by Gasteiger charge is -2.16. The Morgan fingerprint density at radius 3 is 2.93 bits per heavy atom. The van der Waals surface area contributed by atoms with Crippen molar-refractivity contribution in [2.24, 2.45) is 0 Å². The van der Waals surface area contributed by atoms with Gasteiger partial charge in [0, 0.05) is 24.0 Å². The molecule has 0 radical (unpaired) electrons. The van der Waals surface area contributed by atoms with E-state index in [-0.39, 0.29) is 0 Å². The predicted octanol–water partition coefficient (Wildman–Crippen LogP) is 1.97. The number of hydrogen-bond donors (Lipinski definition) is 0. The van der Waals surface area contributed by atoms with Gasteiger partial charge in [-0.25, -0.2) is 9.97 Å². The van der Waals surface area contributed by atoms with Gasteiger partial charge in [0.15, 0.2) is 0 Å². The van der Waals surface area contributed by atoms with Crippen LogP contribution in [0.5, 0.6) is 0 Å². The highest BCUT2D eigenvalue weighted by Gasteiger charge is 2.18. The Hall–Kier alpha value is -1.22. The van der Waals surface area contributed by atoms with Crippen molar-refractivity contribution in [3.63, 3.8) is 0 Å². The third-order valence-corrected chi connectivity index (χ3v) is 2.97. The van der Waals surface area contributed by atoms with Gasteiger partial charge >= 0.3 is 0 Å². The van der Waals surface area contributed by atoms with E-state index in [1.54, 1.807) is 6.33 Å². The molecule has 1 atom stereocenters. The molecule has 0 aromatic carbocycles. The Balaban J connectivity index is 1.85. The van der Waals surface area contributed by atoms with Gasteiger partial charge < -0.3 is 4.90 Å². The summed E-state index contributed by atoms with van der Waals surface area (Å²) in [6, 6.07) is 0.728. The summed E-state index contributed by atoms with van der Waals surface area (Å²) in [5, 5.41) is 0. The average molecular weight is 203 g/mol. The molecule has 1 aromatic rings. The molecule has 0 unspecified atom stereocenters. The van der Waals surface area contributed by atoms with Crippen LogP contribution in [-0.2, 0) is 0 Å². The highest BCUT2D eigenvalue weighted by molar-refractivity contribution is 5.46. The fourth-order valence-corrected chi connectivity index (χ4v) is 2.03. The van der Waals surface area contributed by atoms with Crippen LogP contribution in [0, 0.1) is 0 Å². The monoisotopic (exact) mass is 203 g/mol. The molecule has 0 bridgehead atoms. The van der Waals surface area contributed by atoms with Crippen molar-refractivity contribution < 1.29 is 0 Å². The summed E-state index contributed by atoms with van der Waals surface area (Å²) in [5.41, 5.74) is 1.08. The number of aromatic nitrogens is 2. The number of hydrogen-bond acceptors (Lipinski definition) is 3. The van der Waals surface area contributed by atoms with Crippen LogP contribution in [0.2, 0.25) is 0 Å². The Morgan fingerprint density at radius 1 is 1.47 bits per heavy atom. The lowest BCUT2D eigenvalue weighted by atomic mass is 10.1. The van der Waals surface area contributed by atoms with Crippen molar-refractivity contribution in [1.82, 2.24) is 14.9 Å². The van der Waals surface area contributed by atoms with Crippen LogP contribution >= 0.6 is 0 Å². The van der Waals surface area contributed by atoms with Gasteiger partial charge in [0.05, 0.1) is 0 Å². The van der Waals surface area contributed by atoms with E-state index in [9.17, 15) is 0 Å². The summed E-state index contributed by atoms with van der Waals surface area (Å²) in [4.78, 5) is 10.4. The van der Waals surface area contributed by atoms with Gasteiger partial charge in [-0.05, 0) is 32.9 Å². The molecule has 1 aromatic heterocycles. The smallest absolute Gasteiger partial charge is 0.115 e. The van der Waals surface area contributed by atoms with E-state index in [1.165, 1.54) is 19.4 Å². The zero-order valence-corrected chi connectivity index (χ0v) is 9.13. The van der Waals surface area contributed by atoms with Crippen LogP contribution < -0.4 is 0 Å². The highest BCUT2D eigenvalue weighted by atomic mass is 15.1. The maximum Gasteiger partial charge on any atom is 0.115 e. The summed E-state index contributed by atoms with van der Waals surface area (Å²) >= 11 is 0. The topological polar surface area (TPSA) is 29.0 Å². The van der Waals surface area contributed by atoms with E-state index in [2.05, 4.69) is 34.1 Å². The zero-order chi connectivity index (χ0) is 10.5. The second-order valence-corrected chi connectivity index (χ2v) is 4.09. The van der Waals surface area contributed by atoms with Gasteiger partial charge in [-0.15, -0.1) is 0 Å². The van der Waals surface area contributed by atoms with E-state index in [0.717, 1.165) is 18.0 Å². The summed E-state index contributed by atoms with van der Waals surface area (Å²) < 4.78 is 0. The first-order valence-corrected chi connectivity index (χ1v) is 5.48. The second-order valence-electron chi connectivity index (χ2n) is 4.09. The zero-order valence-electron chi connectivity index (χ0n) is 9.13. The molecule has 3 heteroatoms. The van der Waals surface area contributed by atoms with Gasteiger partial charge in [0.1, 0.15) is 6.33 Å². The molecule has 1 fully saturated rings. The molecular formula is C12H17N3. The normalized spacial score (nSPS) is 22.6. The Morgan fingerprint density at radius 2 is 2.27 bits per heavy atom. The van der Waals surface area contributed by atoms with Crippen molar-refractivity contribution in [3.05, 3.63) is 30.4 Å². The summed E-state index contributed by atoms with van der Waals surface area (Å²) in [6.45, 7) is 1.24. The standard InChI is InChI=1S/C12H17N3/c1-15-7-3-6-12(15)5-2-4-11-8-13-10-14-9-11/h2,4,8-10,12H,3,5-7H2,1H3/b4-2+/t12-/m1/s1. The molecule has 1 saturated heterocycles. The number of likely N-dealkylation sites (tertiary alicyclic amines) is 1. The van der Waals surface area contributed by atoms with Gasteiger partial charge in [0.2, 0.25) is 0 Å². The predicted molar refractivity (Wildman–Crippen MR) is 61.3 cm³/mol. The van der Waals surface area contributed by atoms with Crippen molar-refractivity contribution in [1.29, 1.82) is 0 Å². The molecule has 0 amide bonds. The van der Waals surface area contributed by atoms with Gasteiger partial charge in [-0.1, -0.05) is 12.2 Å². The van der Waals surface area contributed by atoms with Crippen molar-refractivity contribution in [2.75, 3.05) is 13.6 Å². The maximum atomic E-state index is 3.98. The molecule has 2 rings (SSSR count). The van der Waals surface area contributed by atoms with Crippen LogP contribution in [0.3, 0.4) is 0 Å². The Bertz CT molecular complexity index is 321. The quantitative estimate of drug-likeness (QED) is 0.752. The van der Waals surface area contributed by atoms with E-state index < -0.39 is 0 Å². The van der Waals surface area contributed by atoms with Gasteiger partial charge in [0.25, 0.3) is 0 Å². The van der Waals surface area contributed by atoms with Crippen LogP contribution in [0.25, 0.3) is 6.08 Å². The molecule has 0 saturated carbocycles.